The monoisotopic (exact) mass is 262 g/mol. The molecule has 2 aliphatic rings. The number of ether oxygens (including phenoxy) is 1. The molecule has 104 valence electrons. The lowest BCUT2D eigenvalue weighted by Crippen LogP contribution is -2.44. The standard InChI is InChI=1S/C14H22N4O/c1-17-4-6-18(7-5-17)12-2-3-13(15)14(8-12)16-11-9-19-10-11/h2-3,8,11,16H,4-7,9-10,15H2,1H3. The molecule has 2 heterocycles. The summed E-state index contributed by atoms with van der Waals surface area (Å²) in [5.41, 5.74) is 9.13. The van der Waals surface area contributed by atoms with Crippen molar-refractivity contribution in [2.24, 2.45) is 0 Å². The molecule has 3 N–H and O–H groups in total. The summed E-state index contributed by atoms with van der Waals surface area (Å²) in [7, 11) is 2.17. The lowest BCUT2D eigenvalue weighted by atomic mass is 10.1. The average molecular weight is 262 g/mol. The van der Waals surface area contributed by atoms with Gasteiger partial charge < -0.3 is 25.6 Å². The molecule has 0 saturated carbocycles. The molecular weight excluding hydrogens is 240 g/mol. The minimum Gasteiger partial charge on any atom is -0.397 e. The van der Waals surface area contributed by atoms with Crippen LogP contribution in [-0.2, 0) is 4.74 Å². The van der Waals surface area contributed by atoms with E-state index in [0.717, 1.165) is 50.8 Å². The number of hydrogen-bond acceptors (Lipinski definition) is 5. The Hall–Kier alpha value is -1.46. The Balaban J connectivity index is 1.72. The van der Waals surface area contributed by atoms with E-state index in [-0.39, 0.29) is 0 Å². The highest BCUT2D eigenvalue weighted by Gasteiger charge is 2.20. The minimum absolute atomic E-state index is 0.407. The van der Waals surface area contributed by atoms with Gasteiger partial charge in [-0.15, -0.1) is 0 Å². The van der Waals surface area contributed by atoms with Gasteiger partial charge in [0.25, 0.3) is 0 Å². The Morgan fingerprint density at radius 1 is 1.21 bits per heavy atom. The molecule has 0 atom stereocenters. The number of hydrogen-bond donors (Lipinski definition) is 2. The second kappa shape index (κ2) is 5.27. The molecule has 0 amide bonds. The molecule has 3 rings (SSSR count). The van der Waals surface area contributed by atoms with Gasteiger partial charge in [0, 0.05) is 31.9 Å². The molecular formula is C14H22N4O. The van der Waals surface area contributed by atoms with Crippen molar-refractivity contribution in [1.82, 2.24) is 4.90 Å². The van der Waals surface area contributed by atoms with Crippen molar-refractivity contribution < 1.29 is 4.74 Å². The number of piperazine rings is 1. The predicted octanol–water partition coefficient (Wildman–Crippen LogP) is 0.831. The number of benzene rings is 1. The van der Waals surface area contributed by atoms with Crippen molar-refractivity contribution in [3.05, 3.63) is 18.2 Å². The van der Waals surface area contributed by atoms with Crippen molar-refractivity contribution >= 4 is 17.1 Å². The van der Waals surface area contributed by atoms with Crippen molar-refractivity contribution in [3.8, 4) is 0 Å². The van der Waals surface area contributed by atoms with Gasteiger partial charge in [0.15, 0.2) is 0 Å². The average Bonchev–Trinajstić information content (AvgIpc) is 2.37. The molecule has 1 aromatic carbocycles. The molecule has 0 aliphatic carbocycles. The van der Waals surface area contributed by atoms with Gasteiger partial charge in [0.2, 0.25) is 0 Å². The van der Waals surface area contributed by atoms with Crippen LogP contribution in [0.25, 0.3) is 0 Å². The highest BCUT2D eigenvalue weighted by molar-refractivity contribution is 5.72. The van der Waals surface area contributed by atoms with Crippen molar-refractivity contribution in [3.63, 3.8) is 0 Å². The van der Waals surface area contributed by atoms with Crippen LogP contribution in [0, 0.1) is 0 Å². The Kier molecular flexibility index (Phi) is 3.48. The Morgan fingerprint density at radius 3 is 2.58 bits per heavy atom. The van der Waals surface area contributed by atoms with E-state index >= 15 is 0 Å². The summed E-state index contributed by atoms with van der Waals surface area (Å²) in [5, 5.41) is 3.45. The van der Waals surface area contributed by atoms with Crippen LogP contribution >= 0.6 is 0 Å². The zero-order valence-corrected chi connectivity index (χ0v) is 11.4. The fourth-order valence-electron chi connectivity index (χ4n) is 2.47. The molecule has 0 bridgehead atoms. The van der Waals surface area contributed by atoms with Gasteiger partial charge in [-0.25, -0.2) is 0 Å². The molecule has 2 saturated heterocycles. The van der Waals surface area contributed by atoms with Crippen LogP contribution in [0.5, 0.6) is 0 Å². The van der Waals surface area contributed by atoms with Crippen molar-refractivity contribution in [1.29, 1.82) is 0 Å². The molecule has 2 fully saturated rings. The van der Waals surface area contributed by atoms with Crippen LogP contribution in [-0.4, -0.2) is 57.4 Å². The van der Waals surface area contributed by atoms with Gasteiger partial charge in [-0.05, 0) is 25.2 Å². The third kappa shape index (κ3) is 2.77. The first-order valence-corrected chi connectivity index (χ1v) is 6.89. The number of anilines is 3. The van der Waals surface area contributed by atoms with E-state index in [1.54, 1.807) is 0 Å². The number of nitrogens with one attached hydrogen (secondary N) is 1. The summed E-state index contributed by atoms with van der Waals surface area (Å²) >= 11 is 0. The minimum atomic E-state index is 0.407. The molecule has 1 aromatic rings. The molecule has 0 aromatic heterocycles. The summed E-state index contributed by atoms with van der Waals surface area (Å²) in [6, 6.07) is 6.68. The zero-order chi connectivity index (χ0) is 13.2. The first-order valence-electron chi connectivity index (χ1n) is 6.89. The second-order valence-electron chi connectivity index (χ2n) is 5.44. The maximum atomic E-state index is 6.04. The Bertz CT molecular complexity index is 439. The summed E-state index contributed by atoms with van der Waals surface area (Å²) in [5.74, 6) is 0. The van der Waals surface area contributed by atoms with Crippen molar-refractivity contribution in [2.45, 2.75) is 6.04 Å². The molecule has 0 spiro atoms. The Labute approximate surface area is 114 Å². The van der Waals surface area contributed by atoms with Gasteiger partial charge in [0.05, 0.1) is 30.6 Å². The fraction of sp³-hybridized carbons (Fsp3) is 0.571. The van der Waals surface area contributed by atoms with E-state index in [9.17, 15) is 0 Å². The third-order valence-corrected chi connectivity index (χ3v) is 3.90. The first-order chi connectivity index (χ1) is 9.22. The van der Waals surface area contributed by atoms with Gasteiger partial charge in [-0.1, -0.05) is 0 Å². The first kappa shape index (κ1) is 12.6. The molecule has 5 nitrogen and oxygen atoms in total. The van der Waals surface area contributed by atoms with Crippen molar-refractivity contribution in [2.75, 3.05) is 62.4 Å². The van der Waals surface area contributed by atoms with E-state index in [1.807, 2.05) is 6.07 Å². The van der Waals surface area contributed by atoms with Gasteiger partial charge in [-0.2, -0.15) is 0 Å². The fourth-order valence-corrected chi connectivity index (χ4v) is 2.47. The number of likely N-dealkylation sites (N-methyl/N-ethyl adjacent to an activating group) is 1. The quantitative estimate of drug-likeness (QED) is 0.790. The van der Waals surface area contributed by atoms with Crippen LogP contribution < -0.4 is 16.0 Å². The molecule has 19 heavy (non-hydrogen) atoms. The van der Waals surface area contributed by atoms with Gasteiger partial charge in [-0.3, -0.25) is 0 Å². The number of nitrogens with zero attached hydrogens (tertiary/aromatic N) is 2. The summed E-state index contributed by atoms with van der Waals surface area (Å²) in [6.45, 7) is 5.93. The summed E-state index contributed by atoms with van der Waals surface area (Å²) in [4.78, 5) is 4.78. The zero-order valence-electron chi connectivity index (χ0n) is 11.4. The number of nitrogens with two attached hydrogens (primary N) is 1. The lowest BCUT2D eigenvalue weighted by Gasteiger charge is -2.35. The Morgan fingerprint density at radius 2 is 1.95 bits per heavy atom. The smallest absolute Gasteiger partial charge is 0.0729 e. The van der Waals surface area contributed by atoms with E-state index in [1.165, 1.54) is 5.69 Å². The molecule has 0 radical (unpaired) electrons. The SMILES string of the molecule is CN1CCN(c2ccc(N)c(NC3COC3)c2)CC1. The second-order valence-corrected chi connectivity index (χ2v) is 5.44. The predicted molar refractivity (Wildman–Crippen MR) is 78.8 cm³/mol. The van der Waals surface area contributed by atoms with Gasteiger partial charge >= 0.3 is 0 Å². The van der Waals surface area contributed by atoms with E-state index in [2.05, 4.69) is 34.3 Å². The molecule has 5 heteroatoms. The summed E-state index contributed by atoms with van der Waals surface area (Å²) in [6.07, 6.45) is 0. The molecule has 2 aliphatic heterocycles. The van der Waals surface area contributed by atoms with Crippen LogP contribution in [0.1, 0.15) is 0 Å². The lowest BCUT2D eigenvalue weighted by molar-refractivity contribution is 0.0211. The maximum absolute atomic E-state index is 6.04. The van der Waals surface area contributed by atoms with E-state index in [0.29, 0.717) is 6.04 Å². The highest BCUT2D eigenvalue weighted by atomic mass is 16.5. The van der Waals surface area contributed by atoms with Crippen LogP contribution in [0.2, 0.25) is 0 Å². The largest absolute Gasteiger partial charge is 0.397 e. The van der Waals surface area contributed by atoms with Crippen LogP contribution in [0.15, 0.2) is 18.2 Å². The highest BCUT2D eigenvalue weighted by Crippen LogP contribution is 2.27. The van der Waals surface area contributed by atoms with Gasteiger partial charge in [0.1, 0.15) is 0 Å². The normalized spacial score (nSPS) is 21.2. The summed E-state index contributed by atoms with van der Waals surface area (Å²) < 4.78 is 5.19. The molecule has 0 unspecified atom stereocenters. The maximum Gasteiger partial charge on any atom is 0.0729 e. The van der Waals surface area contributed by atoms with E-state index in [4.69, 9.17) is 10.5 Å². The van der Waals surface area contributed by atoms with Crippen LogP contribution in [0.3, 0.4) is 0 Å². The number of nitrogen functional groups attached to an aromatic ring is 1. The van der Waals surface area contributed by atoms with E-state index < -0.39 is 0 Å². The third-order valence-electron chi connectivity index (χ3n) is 3.90. The van der Waals surface area contributed by atoms with Crippen LogP contribution in [0.4, 0.5) is 17.1 Å². The topological polar surface area (TPSA) is 53.8 Å². The number of rotatable bonds is 3.